The molecular weight excluding hydrogens is 330 g/mol. The Morgan fingerprint density at radius 1 is 1.24 bits per heavy atom. The topological polar surface area (TPSA) is 46.4 Å². The Bertz CT molecular complexity index is 893. The van der Waals surface area contributed by atoms with Crippen molar-refractivity contribution in [3.63, 3.8) is 0 Å². The molecule has 2 atom stereocenters. The normalized spacial score (nSPS) is 20.7. The van der Waals surface area contributed by atoms with Crippen molar-refractivity contribution in [1.29, 1.82) is 0 Å². The maximum Gasteiger partial charge on any atom is 0.269 e. The summed E-state index contributed by atoms with van der Waals surface area (Å²) in [7, 11) is 0. The second-order valence-corrected chi connectivity index (χ2v) is 7.94. The Kier molecular flexibility index (Phi) is 4.34. The molecule has 5 heteroatoms. The first kappa shape index (κ1) is 16.3. The van der Waals surface area contributed by atoms with E-state index in [4.69, 9.17) is 0 Å². The smallest absolute Gasteiger partial charge is 0.269 e. The van der Waals surface area contributed by atoms with Crippen LogP contribution < -0.4 is 5.32 Å². The molecule has 0 aliphatic heterocycles. The molecule has 1 aliphatic carbocycles. The van der Waals surface area contributed by atoms with Crippen LogP contribution in [0.4, 0.5) is 0 Å². The summed E-state index contributed by atoms with van der Waals surface area (Å²) in [5.41, 5.74) is 3.90. The zero-order valence-electron chi connectivity index (χ0n) is 14.7. The molecule has 0 bridgehead atoms. The SMILES string of the molecule is Cc1ccc(-c2cn3c(C(=O)NC4CCCCC4C)csc3n2)cc1. The van der Waals surface area contributed by atoms with Crippen LogP contribution in [0.3, 0.4) is 0 Å². The van der Waals surface area contributed by atoms with E-state index in [1.54, 1.807) is 0 Å². The van der Waals surface area contributed by atoms with Gasteiger partial charge in [0.25, 0.3) is 5.91 Å². The lowest BCUT2D eigenvalue weighted by Gasteiger charge is -2.29. The van der Waals surface area contributed by atoms with E-state index in [9.17, 15) is 4.79 Å². The summed E-state index contributed by atoms with van der Waals surface area (Å²) in [6.45, 7) is 4.31. The van der Waals surface area contributed by atoms with E-state index < -0.39 is 0 Å². The number of hydrogen-bond donors (Lipinski definition) is 1. The predicted molar refractivity (Wildman–Crippen MR) is 102 cm³/mol. The van der Waals surface area contributed by atoms with E-state index in [1.807, 2.05) is 16.0 Å². The van der Waals surface area contributed by atoms with Crippen LogP contribution in [0.25, 0.3) is 16.2 Å². The van der Waals surface area contributed by atoms with Crippen LogP contribution in [0.1, 0.15) is 48.7 Å². The molecule has 0 spiro atoms. The second kappa shape index (κ2) is 6.64. The molecular formula is C20H23N3OS. The molecule has 0 radical (unpaired) electrons. The van der Waals surface area contributed by atoms with Crippen LogP contribution in [-0.4, -0.2) is 21.3 Å². The van der Waals surface area contributed by atoms with Gasteiger partial charge in [0.15, 0.2) is 4.96 Å². The van der Waals surface area contributed by atoms with Crippen molar-refractivity contribution in [3.05, 3.63) is 47.1 Å². The van der Waals surface area contributed by atoms with Crippen LogP contribution in [0, 0.1) is 12.8 Å². The maximum atomic E-state index is 12.8. The number of amides is 1. The maximum absolute atomic E-state index is 12.8. The van der Waals surface area contributed by atoms with Crippen LogP contribution in [-0.2, 0) is 0 Å². The third-order valence-electron chi connectivity index (χ3n) is 5.22. The summed E-state index contributed by atoms with van der Waals surface area (Å²) < 4.78 is 1.92. The highest BCUT2D eigenvalue weighted by Crippen LogP contribution is 2.26. The number of hydrogen-bond acceptors (Lipinski definition) is 3. The highest BCUT2D eigenvalue weighted by Gasteiger charge is 2.24. The number of rotatable bonds is 3. The molecule has 2 aromatic heterocycles. The quantitative estimate of drug-likeness (QED) is 0.743. The van der Waals surface area contributed by atoms with Gasteiger partial charge in [0.05, 0.1) is 5.69 Å². The Labute approximate surface area is 151 Å². The lowest BCUT2D eigenvalue weighted by atomic mass is 9.86. The van der Waals surface area contributed by atoms with Crippen molar-refractivity contribution in [2.75, 3.05) is 0 Å². The van der Waals surface area contributed by atoms with E-state index in [-0.39, 0.29) is 11.9 Å². The second-order valence-electron chi connectivity index (χ2n) is 7.11. The molecule has 3 aromatic rings. The van der Waals surface area contributed by atoms with Crippen LogP contribution in [0.5, 0.6) is 0 Å². The number of aryl methyl sites for hydroxylation is 1. The third-order valence-corrected chi connectivity index (χ3v) is 6.06. The minimum absolute atomic E-state index is 0.0119. The lowest BCUT2D eigenvalue weighted by molar-refractivity contribution is 0.0904. The van der Waals surface area contributed by atoms with Gasteiger partial charge in [-0.1, -0.05) is 49.6 Å². The summed E-state index contributed by atoms with van der Waals surface area (Å²) in [5, 5.41) is 5.15. The van der Waals surface area contributed by atoms with Gasteiger partial charge in [-0.3, -0.25) is 9.20 Å². The number of imidazole rings is 1. The molecule has 0 saturated heterocycles. The molecule has 130 valence electrons. The third kappa shape index (κ3) is 3.21. The van der Waals surface area contributed by atoms with Gasteiger partial charge in [-0.25, -0.2) is 4.98 Å². The van der Waals surface area contributed by atoms with E-state index in [0.29, 0.717) is 11.6 Å². The average Bonchev–Trinajstić information content (AvgIpc) is 3.18. The molecule has 1 aromatic carbocycles. The lowest BCUT2D eigenvalue weighted by Crippen LogP contribution is -2.41. The number of carbonyl (C=O) groups excluding carboxylic acids is 1. The van der Waals surface area contributed by atoms with Crippen LogP contribution in [0.15, 0.2) is 35.8 Å². The monoisotopic (exact) mass is 353 g/mol. The zero-order valence-corrected chi connectivity index (χ0v) is 15.5. The first-order valence-electron chi connectivity index (χ1n) is 8.96. The van der Waals surface area contributed by atoms with Crippen molar-refractivity contribution in [3.8, 4) is 11.3 Å². The average molecular weight is 353 g/mol. The minimum atomic E-state index is 0.0119. The van der Waals surface area contributed by atoms with Gasteiger partial charge in [0.2, 0.25) is 0 Å². The number of nitrogens with one attached hydrogen (secondary N) is 1. The van der Waals surface area contributed by atoms with Crippen molar-refractivity contribution in [2.24, 2.45) is 5.92 Å². The number of thiazole rings is 1. The van der Waals surface area contributed by atoms with Crippen molar-refractivity contribution in [1.82, 2.24) is 14.7 Å². The number of carbonyl (C=O) groups is 1. The fraction of sp³-hybridized carbons (Fsp3) is 0.400. The van der Waals surface area contributed by atoms with E-state index in [0.717, 1.165) is 22.6 Å². The summed E-state index contributed by atoms with van der Waals surface area (Å²) in [6.07, 6.45) is 6.73. The van der Waals surface area contributed by atoms with Gasteiger partial charge >= 0.3 is 0 Å². The van der Waals surface area contributed by atoms with Gasteiger partial charge in [0, 0.05) is 23.2 Å². The molecule has 1 saturated carbocycles. The summed E-state index contributed by atoms with van der Waals surface area (Å²) >= 11 is 1.51. The minimum Gasteiger partial charge on any atom is -0.348 e. The fourth-order valence-corrected chi connectivity index (χ4v) is 4.44. The van der Waals surface area contributed by atoms with Crippen molar-refractivity contribution >= 4 is 22.2 Å². The summed E-state index contributed by atoms with van der Waals surface area (Å²) in [6, 6.07) is 8.61. The first-order valence-corrected chi connectivity index (χ1v) is 9.84. The van der Waals surface area contributed by atoms with E-state index in [1.165, 1.54) is 36.2 Å². The van der Waals surface area contributed by atoms with Gasteiger partial charge in [-0.2, -0.15) is 0 Å². The number of aromatic nitrogens is 2. The molecule has 4 nitrogen and oxygen atoms in total. The molecule has 1 amide bonds. The van der Waals surface area contributed by atoms with Crippen LogP contribution in [0.2, 0.25) is 0 Å². The molecule has 1 N–H and O–H groups in total. The fourth-order valence-electron chi connectivity index (χ4n) is 3.58. The Morgan fingerprint density at radius 2 is 2.00 bits per heavy atom. The Balaban J connectivity index is 1.59. The summed E-state index contributed by atoms with van der Waals surface area (Å²) in [4.78, 5) is 18.3. The van der Waals surface area contributed by atoms with Gasteiger partial charge in [0.1, 0.15) is 5.69 Å². The number of benzene rings is 1. The van der Waals surface area contributed by atoms with E-state index in [2.05, 4.69) is 48.4 Å². The predicted octanol–water partition coefficient (Wildman–Crippen LogP) is 4.68. The van der Waals surface area contributed by atoms with Crippen molar-refractivity contribution < 1.29 is 4.79 Å². The molecule has 25 heavy (non-hydrogen) atoms. The number of nitrogens with zero attached hydrogens (tertiary/aromatic N) is 2. The standard InChI is InChI=1S/C20H23N3OS/c1-13-7-9-15(10-8-13)17-11-23-18(12-25-20(23)22-17)19(24)21-16-6-4-3-5-14(16)2/h7-12,14,16H,3-6H2,1-2H3,(H,21,24). The van der Waals surface area contributed by atoms with Crippen molar-refractivity contribution in [2.45, 2.75) is 45.6 Å². The molecule has 2 unspecified atom stereocenters. The molecule has 1 fully saturated rings. The largest absolute Gasteiger partial charge is 0.348 e. The Morgan fingerprint density at radius 3 is 2.76 bits per heavy atom. The van der Waals surface area contributed by atoms with Crippen LogP contribution >= 0.6 is 11.3 Å². The molecule has 2 heterocycles. The van der Waals surface area contributed by atoms with Gasteiger partial charge < -0.3 is 5.32 Å². The highest BCUT2D eigenvalue weighted by molar-refractivity contribution is 7.15. The van der Waals surface area contributed by atoms with Gasteiger partial charge in [-0.15, -0.1) is 11.3 Å². The number of fused-ring (bicyclic) bond motifs is 1. The zero-order chi connectivity index (χ0) is 17.4. The Hall–Kier alpha value is -2.14. The van der Waals surface area contributed by atoms with Gasteiger partial charge in [-0.05, 0) is 25.7 Å². The first-order chi connectivity index (χ1) is 12.1. The highest BCUT2D eigenvalue weighted by atomic mass is 32.1. The molecule has 4 rings (SSSR count). The van der Waals surface area contributed by atoms with E-state index >= 15 is 0 Å². The molecule has 1 aliphatic rings. The summed E-state index contributed by atoms with van der Waals surface area (Å²) in [5.74, 6) is 0.565.